The molecule has 1 rings (SSSR count). The Morgan fingerprint density at radius 3 is 2.82 bits per heavy atom. The minimum absolute atomic E-state index is 0.0554. The number of hydrogen-bond acceptors (Lipinski definition) is 6. The number of sulfonamides is 1. The largest absolute Gasteiger partial charge is 0.353 e. The van der Waals surface area contributed by atoms with Crippen molar-refractivity contribution in [2.24, 2.45) is 0 Å². The summed E-state index contributed by atoms with van der Waals surface area (Å²) in [6.45, 7) is 0.190. The summed E-state index contributed by atoms with van der Waals surface area (Å²) in [7, 11) is -0.285. The summed E-state index contributed by atoms with van der Waals surface area (Å²) in [5.41, 5.74) is 0.234. The molecule has 0 atom stereocenters. The van der Waals surface area contributed by atoms with E-state index in [1.165, 1.54) is 26.4 Å². The molecule has 1 heterocycles. The Bertz CT molecular complexity index is 520. The lowest BCUT2D eigenvalue weighted by Crippen LogP contribution is -2.28. The zero-order valence-corrected chi connectivity index (χ0v) is 10.4. The summed E-state index contributed by atoms with van der Waals surface area (Å²) in [5.74, 6) is 0.193. The van der Waals surface area contributed by atoms with Crippen molar-refractivity contribution in [2.45, 2.75) is 0 Å². The quantitative estimate of drug-likeness (QED) is 0.772. The van der Waals surface area contributed by atoms with Crippen LogP contribution in [0.4, 0.5) is 5.95 Å². The van der Waals surface area contributed by atoms with Gasteiger partial charge in [-0.05, 0) is 6.07 Å². The summed E-state index contributed by atoms with van der Waals surface area (Å²) in [4.78, 5) is 7.73. The molecule has 0 bridgehead atoms. The molecule has 0 aliphatic heterocycles. The molecule has 0 saturated carbocycles. The van der Waals surface area contributed by atoms with Crippen molar-refractivity contribution in [3.63, 3.8) is 0 Å². The second-order valence-electron chi connectivity index (χ2n) is 3.40. The van der Waals surface area contributed by atoms with E-state index in [0.717, 1.165) is 4.31 Å². The van der Waals surface area contributed by atoms with Gasteiger partial charge in [0.1, 0.15) is 11.8 Å². The molecule has 1 aromatic rings. The molecule has 0 aliphatic rings. The second kappa shape index (κ2) is 5.56. The molecule has 0 unspecified atom stereocenters. The average molecular weight is 255 g/mol. The summed E-state index contributed by atoms with van der Waals surface area (Å²) < 4.78 is 24.0. The molecule has 0 radical (unpaired) electrons. The van der Waals surface area contributed by atoms with Crippen LogP contribution in [0.15, 0.2) is 12.3 Å². The lowest BCUT2D eigenvalue weighted by Gasteiger charge is -2.11. The van der Waals surface area contributed by atoms with Crippen LogP contribution in [0.3, 0.4) is 0 Å². The molecule has 92 valence electrons. The van der Waals surface area contributed by atoms with Crippen LogP contribution in [0.2, 0.25) is 0 Å². The number of hydrogen-bond donors (Lipinski definition) is 1. The van der Waals surface area contributed by atoms with Gasteiger partial charge >= 0.3 is 0 Å². The Morgan fingerprint density at radius 2 is 2.24 bits per heavy atom. The highest BCUT2D eigenvalue weighted by Crippen LogP contribution is 2.00. The average Bonchev–Trinajstić information content (AvgIpc) is 2.29. The number of aromatic nitrogens is 2. The standard InChI is InChI=1S/C9H13N5O2S/c1-14(2)17(15,16)6-5-12-9-11-4-3-8(7-10)13-9/h3-4H,5-6H2,1-2H3,(H,11,12,13). The highest BCUT2D eigenvalue weighted by molar-refractivity contribution is 7.89. The molecule has 7 nitrogen and oxygen atoms in total. The minimum atomic E-state index is -3.23. The highest BCUT2D eigenvalue weighted by atomic mass is 32.2. The van der Waals surface area contributed by atoms with Crippen LogP contribution in [0, 0.1) is 11.3 Å². The zero-order chi connectivity index (χ0) is 12.9. The number of nitriles is 1. The van der Waals surface area contributed by atoms with Crippen molar-refractivity contribution in [1.29, 1.82) is 5.26 Å². The molecule has 0 amide bonds. The fourth-order valence-electron chi connectivity index (χ4n) is 0.981. The second-order valence-corrected chi connectivity index (χ2v) is 5.70. The van der Waals surface area contributed by atoms with Crippen molar-refractivity contribution >= 4 is 16.0 Å². The van der Waals surface area contributed by atoms with E-state index in [4.69, 9.17) is 5.26 Å². The van der Waals surface area contributed by atoms with E-state index in [9.17, 15) is 8.42 Å². The van der Waals surface area contributed by atoms with E-state index in [1.54, 1.807) is 0 Å². The van der Waals surface area contributed by atoms with Crippen LogP contribution in [-0.2, 0) is 10.0 Å². The van der Waals surface area contributed by atoms with Crippen LogP contribution in [-0.4, -0.2) is 49.1 Å². The van der Waals surface area contributed by atoms with Crippen molar-refractivity contribution in [1.82, 2.24) is 14.3 Å². The molecule has 1 N–H and O–H groups in total. The molecule has 1 aromatic heterocycles. The Hall–Kier alpha value is -1.72. The first-order chi connectivity index (χ1) is 7.95. The van der Waals surface area contributed by atoms with Gasteiger partial charge < -0.3 is 5.32 Å². The van der Waals surface area contributed by atoms with Gasteiger partial charge in [-0.2, -0.15) is 5.26 Å². The first kappa shape index (κ1) is 13.3. The van der Waals surface area contributed by atoms with Gasteiger partial charge in [0, 0.05) is 26.8 Å². The van der Waals surface area contributed by atoms with Crippen molar-refractivity contribution in [2.75, 3.05) is 31.7 Å². The number of rotatable bonds is 5. The maximum absolute atomic E-state index is 11.4. The summed E-state index contributed by atoms with van der Waals surface area (Å²) in [6, 6.07) is 3.35. The minimum Gasteiger partial charge on any atom is -0.353 e. The van der Waals surface area contributed by atoms with Gasteiger partial charge in [-0.1, -0.05) is 0 Å². The third kappa shape index (κ3) is 3.97. The molecule has 8 heteroatoms. The van der Waals surface area contributed by atoms with Crippen LogP contribution in [0.25, 0.3) is 0 Å². The summed E-state index contributed by atoms with van der Waals surface area (Å²) >= 11 is 0. The molecule has 0 aliphatic carbocycles. The first-order valence-corrected chi connectivity index (χ1v) is 6.44. The molecule has 0 spiro atoms. The van der Waals surface area contributed by atoms with E-state index in [-0.39, 0.29) is 23.9 Å². The lowest BCUT2D eigenvalue weighted by atomic mass is 10.4. The van der Waals surface area contributed by atoms with Gasteiger partial charge in [0.2, 0.25) is 16.0 Å². The highest BCUT2D eigenvalue weighted by Gasteiger charge is 2.12. The van der Waals surface area contributed by atoms with Crippen molar-refractivity contribution in [3.8, 4) is 6.07 Å². The normalized spacial score (nSPS) is 11.2. The molecule has 17 heavy (non-hydrogen) atoms. The van der Waals surface area contributed by atoms with Crippen molar-refractivity contribution < 1.29 is 8.42 Å². The molecule has 0 saturated heterocycles. The van der Waals surface area contributed by atoms with Crippen LogP contribution in [0.5, 0.6) is 0 Å². The lowest BCUT2D eigenvalue weighted by molar-refractivity contribution is 0.521. The SMILES string of the molecule is CN(C)S(=O)(=O)CCNc1nccc(C#N)n1. The third-order valence-electron chi connectivity index (χ3n) is 1.97. The van der Waals surface area contributed by atoms with Crippen molar-refractivity contribution in [3.05, 3.63) is 18.0 Å². The predicted octanol–water partition coefficient (Wildman–Crippen LogP) is -0.348. The summed E-state index contributed by atoms with van der Waals surface area (Å²) in [5, 5.41) is 11.4. The van der Waals surface area contributed by atoms with E-state index in [0.29, 0.717) is 0 Å². The number of nitrogens with zero attached hydrogens (tertiary/aromatic N) is 4. The monoisotopic (exact) mass is 255 g/mol. The Morgan fingerprint density at radius 1 is 1.53 bits per heavy atom. The fraction of sp³-hybridized carbons (Fsp3) is 0.444. The van der Waals surface area contributed by atoms with Crippen LogP contribution >= 0.6 is 0 Å². The molecular formula is C9H13N5O2S. The number of nitrogens with one attached hydrogen (secondary N) is 1. The van der Waals surface area contributed by atoms with Crippen LogP contribution in [0.1, 0.15) is 5.69 Å². The smallest absolute Gasteiger partial charge is 0.223 e. The van der Waals surface area contributed by atoms with Gasteiger partial charge in [0.15, 0.2) is 0 Å². The van der Waals surface area contributed by atoms with Gasteiger partial charge in [-0.25, -0.2) is 22.7 Å². The maximum Gasteiger partial charge on any atom is 0.223 e. The predicted molar refractivity (Wildman–Crippen MR) is 62.7 cm³/mol. The Labute approximate surface area is 100 Å². The fourth-order valence-corrected chi connectivity index (χ4v) is 1.71. The zero-order valence-electron chi connectivity index (χ0n) is 9.58. The molecule has 0 fully saturated rings. The topological polar surface area (TPSA) is 99.0 Å². The van der Waals surface area contributed by atoms with E-state index < -0.39 is 10.0 Å². The van der Waals surface area contributed by atoms with E-state index >= 15 is 0 Å². The summed E-state index contributed by atoms with van der Waals surface area (Å²) in [6.07, 6.45) is 1.44. The van der Waals surface area contributed by atoms with E-state index in [1.807, 2.05) is 6.07 Å². The first-order valence-electron chi connectivity index (χ1n) is 4.83. The van der Waals surface area contributed by atoms with Gasteiger partial charge in [-0.3, -0.25) is 0 Å². The Balaban J connectivity index is 2.55. The van der Waals surface area contributed by atoms with Crippen LogP contribution < -0.4 is 5.32 Å². The maximum atomic E-state index is 11.4. The Kier molecular flexibility index (Phi) is 4.37. The van der Waals surface area contributed by atoms with Gasteiger partial charge in [-0.15, -0.1) is 0 Å². The van der Waals surface area contributed by atoms with E-state index in [2.05, 4.69) is 15.3 Å². The molecular weight excluding hydrogens is 242 g/mol. The third-order valence-corrected chi connectivity index (χ3v) is 3.80. The molecule has 0 aromatic carbocycles. The number of anilines is 1. The van der Waals surface area contributed by atoms with Gasteiger partial charge in [0.05, 0.1) is 5.75 Å². The van der Waals surface area contributed by atoms with Gasteiger partial charge in [0.25, 0.3) is 0 Å².